The molecule has 1 amide bonds. The first-order chi connectivity index (χ1) is 11.1. The number of benzene rings is 1. The average molecular weight is 309 g/mol. The van der Waals surface area contributed by atoms with Crippen molar-refractivity contribution < 1.29 is 9.21 Å². The number of amides is 1. The normalized spacial score (nSPS) is 16.3. The van der Waals surface area contributed by atoms with Crippen molar-refractivity contribution in [2.45, 2.75) is 6.92 Å². The van der Waals surface area contributed by atoms with Gasteiger partial charge >= 0.3 is 0 Å². The van der Waals surface area contributed by atoms with Gasteiger partial charge in [-0.25, -0.2) is 4.98 Å². The second-order valence-electron chi connectivity index (χ2n) is 6.29. The van der Waals surface area contributed by atoms with Gasteiger partial charge in [0.15, 0.2) is 5.76 Å². The smallest absolute Gasteiger partial charge is 0.289 e. The van der Waals surface area contributed by atoms with Gasteiger partial charge in [0, 0.05) is 37.0 Å². The summed E-state index contributed by atoms with van der Waals surface area (Å²) in [7, 11) is 2.07. The summed E-state index contributed by atoms with van der Waals surface area (Å²) in [6, 6.07) is 9.97. The van der Waals surface area contributed by atoms with Gasteiger partial charge in [0.25, 0.3) is 5.91 Å². The predicted octanol–water partition coefficient (Wildman–Crippen LogP) is 2.68. The number of piperazine rings is 1. The molecular formula is C18H19N3O2. The van der Waals surface area contributed by atoms with Crippen LogP contribution in [-0.2, 0) is 0 Å². The lowest BCUT2D eigenvalue weighted by atomic mass is 10.1. The molecule has 5 nitrogen and oxygen atoms in total. The Hall–Kier alpha value is -2.40. The zero-order valence-corrected chi connectivity index (χ0v) is 13.4. The van der Waals surface area contributed by atoms with Crippen LogP contribution in [0.1, 0.15) is 16.1 Å². The predicted molar refractivity (Wildman–Crippen MR) is 89.7 cm³/mol. The molecule has 1 aliphatic rings. The van der Waals surface area contributed by atoms with Gasteiger partial charge in [-0.1, -0.05) is 12.1 Å². The van der Waals surface area contributed by atoms with E-state index in [2.05, 4.69) is 23.0 Å². The number of carbonyl (C=O) groups excluding carboxylic acids is 1. The first-order valence-corrected chi connectivity index (χ1v) is 7.89. The van der Waals surface area contributed by atoms with E-state index in [9.17, 15) is 4.79 Å². The maximum atomic E-state index is 12.6. The lowest BCUT2D eigenvalue weighted by Gasteiger charge is -2.31. The van der Waals surface area contributed by atoms with Crippen molar-refractivity contribution in [2.24, 2.45) is 0 Å². The Balaban J connectivity index is 1.70. The Bertz CT molecular complexity index is 892. The summed E-state index contributed by atoms with van der Waals surface area (Å²) in [6.07, 6.45) is 0. The summed E-state index contributed by atoms with van der Waals surface area (Å²) in [6.45, 7) is 5.30. The van der Waals surface area contributed by atoms with Gasteiger partial charge < -0.3 is 14.2 Å². The van der Waals surface area contributed by atoms with Crippen LogP contribution in [0, 0.1) is 6.92 Å². The summed E-state index contributed by atoms with van der Waals surface area (Å²) < 4.78 is 5.74. The standard InChI is InChI=1S/C18H19N3O2/c1-12-3-4-13-10-14-11-16(23-17(14)19-15(13)9-12)18(22)21-7-5-20(2)6-8-21/h3-4,9-11H,5-8H2,1-2H3. The molecule has 1 fully saturated rings. The number of aromatic nitrogens is 1. The van der Waals surface area contributed by atoms with Gasteiger partial charge in [-0.3, -0.25) is 4.79 Å². The lowest BCUT2D eigenvalue weighted by Crippen LogP contribution is -2.47. The maximum Gasteiger partial charge on any atom is 0.289 e. The summed E-state index contributed by atoms with van der Waals surface area (Å²) >= 11 is 0. The van der Waals surface area contributed by atoms with Crippen LogP contribution in [0.15, 0.2) is 34.7 Å². The quantitative estimate of drug-likeness (QED) is 0.693. The van der Waals surface area contributed by atoms with E-state index in [-0.39, 0.29) is 5.91 Å². The minimum Gasteiger partial charge on any atom is -0.433 e. The number of furan rings is 1. The van der Waals surface area contributed by atoms with Crippen molar-refractivity contribution in [2.75, 3.05) is 33.2 Å². The van der Waals surface area contributed by atoms with Gasteiger partial charge in [0.2, 0.25) is 5.71 Å². The molecule has 0 atom stereocenters. The van der Waals surface area contributed by atoms with E-state index < -0.39 is 0 Å². The van der Waals surface area contributed by atoms with Crippen LogP contribution in [0.4, 0.5) is 0 Å². The van der Waals surface area contributed by atoms with E-state index in [1.807, 2.05) is 36.1 Å². The fourth-order valence-electron chi connectivity index (χ4n) is 3.01. The van der Waals surface area contributed by atoms with E-state index >= 15 is 0 Å². The molecule has 0 radical (unpaired) electrons. The first kappa shape index (κ1) is 14.2. The molecule has 4 rings (SSSR count). The third-order valence-corrected chi connectivity index (χ3v) is 4.46. The molecule has 2 aromatic heterocycles. The molecule has 1 aliphatic heterocycles. The van der Waals surface area contributed by atoms with Crippen molar-refractivity contribution in [3.05, 3.63) is 41.7 Å². The highest BCUT2D eigenvalue weighted by Crippen LogP contribution is 2.24. The van der Waals surface area contributed by atoms with Crippen LogP contribution >= 0.6 is 0 Å². The zero-order valence-electron chi connectivity index (χ0n) is 13.4. The van der Waals surface area contributed by atoms with Crippen LogP contribution in [0.3, 0.4) is 0 Å². The molecule has 0 bridgehead atoms. The molecule has 1 saturated heterocycles. The van der Waals surface area contributed by atoms with Crippen molar-refractivity contribution in [3.8, 4) is 0 Å². The largest absolute Gasteiger partial charge is 0.433 e. The van der Waals surface area contributed by atoms with Crippen molar-refractivity contribution in [3.63, 3.8) is 0 Å². The minimum absolute atomic E-state index is 0.0451. The highest BCUT2D eigenvalue weighted by molar-refractivity contribution is 5.98. The second-order valence-corrected chi connectivity index (χ2v) is 6.29. The molecule has 0 aliphatic carbocycles. The first-order valence-electron chi connectivity index (χ1n) is 7.89. The number of carbonyl (C=O) groups is 1. The summed E-state index contributed by atoms with van der Waals surface area (Å²) in [5.74, 6) is 0.334. The molecule has 1 aromatic carbocycles. The van der Waals surface area contributed by atoms with Crippen molar-refractivity contribution in [1.29, 1.82) is 0 Å². The third-order valence-electron chi connectivity index (χ3n) is 4.46. The summed E-state index contributed by atoms with van der Waals surface area (Å²) in [5, 5.41) is 1.93. The molecule has 3 aromatic rings. The Morgan fingerprint density at radius 3 is 2.65 bits per heavy atom. The summed E-state index contributed by atoms with van der Waals surface area (Å²) in [5.41, 5.74) is 2.58. The van der Waals surface area contributed by atoms with E-state index in [1.54, 1.807) is 0 Å². The molecule has 0 N–H and O–H groups in total. The number of nitrogens with zero attached hydrogens (tertiary/aromatic N) is 3. The van der Waals surface area contributed by atoms with Crippen molar-refractivity contribution in [1.82, 2.24) is 14.8 Å². The lowest BCUT2D eigenvalue weighted by molar-refractivity contribution is 0.0634. The third kappa shape index (κ3) is 2.57. The van der Waals surface area contributed by atoms with E-state index in [0.717, 1.165) is 48.0 Å². The fraction of sp³-hybridized carbons (Fsp3) is 0.333. The minimum atomic E-state index is -0.0451. The molecule has 0 spiro atoms. The van der Waals surface area contributed by atoms with Gasteiger partial charge in [0.1, 0.15) is 0 Å². The maximum absolute atomic E-state index is 12.6. The number of aryl methyl sites for hydroxylation is 1. The van der Waals surface area contributed by atoms with Gasteiger partial charge in [-0.15, -0.1) is 0 Å². The monoisotopic (exact) mass is 309 g/mol. The topological polar surface area (TPSA) is 49.6 Å². The SMILES string of the molecule is Cc1ccc2cc3cc(C(=O)N4CCN(C)CC4)oc3nc2c1. The number of pyridine rings is 1. The Morgan fingerprint density at radius 2 is 1.87 bits per heavy atom. The number of hydrogen-bond acceptors (Lipinski definition) is 4. The zero-order chi connectivity index (χ0) is 16.0. The highest BCUT2D eigenvalue weighted by Gasteiger charge is 2.23. The van der Waals surface area contributed by atoms with Crippen LogP contribution in [0.5, 0.6) is 0 Å². The summed E-state index contributed by atoms with van der Waals surface area (Å²) in [4.78, 5) is 21.2. The Labute approximate surface area is 134 Å². The van der Waals surface area contributed by atoms with E-state index in [4.69, 9.17) is 4.42 Å². The Kier molecular flexibility index (Phi) is 3.31. The second kappa shape index (κ2) is 5.35. The fourth-order valence-corrected chi connectivity index (χ4v) is 3.01. The molecule has 118 valence electrons. The van der Waals surface area contributed by atoms with Gasteiger partial charge in [-0.2, -0.15) is 0 Å². The molecule has 0 saturated carbocycles. The van der Waals surface area contributed by atoms with Crippen LogP contribution in [0.2, 0.25) is 0 Å². The number of hydrogen-bond donors (Lipinski definition) is 0. The number of likely N-dealkylation sites (N-methyl/N-ethyl adjacent to an activating group) is 1. The van der Waals surface area contributed by atoms with Crippen LogP contribution in [0.25, 0.3) is 22.0 Å². The molecule has 3 heterocycles. The Morgan fingerprint density at radius 1 is 1.09 bits per heavy atom. The molecule has 5 heteroatoms. The van der Waals surface area contributed by atoms with E-state index in [1.165, 1.54) is 0 Å². The molecule has 0 unspecified atom stereocenters. The van der Waals surface area contributed by atoms with Crippen LogP contribution < -0.4 is 0 Å². The number of rotatable bonds is 1. The van der Waals surface area contributed by atoms with Crippen LogP contribution in [-0.4, -0.2) is 53.9 Å². The van der Waals surface area contributed by atoms with Crippen molar-refractivity contribution >= 4 is 27.9 Å². The number of fused-ring (bicyclic) bond motifs is 2. The van der Waals surface area contributed by atoms with Gasteiger partial charge in [-0.05, 0) is 37.7 Å². The highest BCUT2D eigenvalue weighted by atomic mass is 16.4. The molecular weight excluding hydrogens is 290 g/mol. The van der Waals surface area contributed by atoms with E-state index in [0.29, 0.717) is 11.5 Å². The van der Waals surface area contributed by atoms with Gasteiger partial charge in [0.05, 0.1) is 5.52 Å². The average Bonchev–Trinajstić information content (AvgIpc) is 2.95. The molecule has 23 heavy (non-hydrogen) atoms.